The van der Waals surface area contributed by atoms with Crippen molar-refractivity contribution in [3.8, 4) is 0 Å². The summed E-state index contributed by atoms with van der Waals surface area (Å²) in [6, 6.07) is 8.87. The minimum Gasteiger partial charge on any atom is -0.326 e. The van der Waals surface area contributed by atoms with Crippen molar-refractivity contribution in [1.82, 2.24) is 19.7 Å². The Labute approximate surface area is 205 Å². The van der Waals surface area contributed by atoms with E-state index >= 15 is 0 Å². The maximum Gasteiger partial charge on any atom is 0.248 e. The van der Waals surface area contributed by atoms with Crippen LogP contribution in [0.25, 0.3) is 10.9 Å². The molecule has 0 bridgehead atoms. The smallest absolute Gasteiger partial charge is 0.248 e. The summed E-state index contributed by atoms with van der Waals surface area (Å²) in [6.45, 7) is 0.846. The Hall–Kier alpha value is -2.99. The molecule has 178 valence electrons. The van der Waals surface area contributed by atoms with E-state index < -0.39 is 34.8 Å². The zero-order valence-electron chi connectivity index (χ0n) is 18.3. The Morgan fingerprint density at radius 3 is 2.71 bits per heavy atom. The molecule has 3 heterocycles. The third-order valence-corrected chi connectivity index (χ3v) is 6.87. The summed E-state index contributed by atoms with van der Waals surface area (Å²) in [7, 11) is -1.26. The molecule has 1 aliphatic rings. The van der Waals surface area contributed by atoms with Crippen molar-refractivity contribution < 1.29 is 23.0 Å². The molecule has 4 rings (SSSR count). The fraction of sp³-hybridized carbons (Fsp3) is 0.318. The van der Waals surface area contributed by atoms with Crippen LogP contribution >= 0.6 is 15.9 Å². The van der Waals surface area contributed by atoms with Crippen LogP contribution in [0.2, 0.25) is 0 Å². The molecule has 0 aliphatic carbocycles. The molecule has 12 heteroatoms. The molecule has 1 unspecified atom stereocenters. The van der Waals surface area contributed by atoms with Crippen LogP contribution in [0.1, 0.15) is 23.8 Å². The predicted octanol–water partition coefficient (Wildman–Crippen LogP) is 2.71. The number of anilines is 1. The van der Waals surface area contributed by atoms with Gasteiger partial charge in [-0.1, -0.05) is 6.07 Å². The summed E-state index contributed by atoms with van der Waals surface area (Å²) in [5.41, 5.74) is 0.651. The van der Waals surface area contributed by atoms with Crippen LogP contribution in [0.3, 0.4) is 0 Å². The minimum absolute atomic E-state index is 0.129. The highest BCUT2D eigenvalue weighted by Gasteiger charge is 2.40. The lowest BCUT2D eigenvalue weighted by atomic mass is 10.1. The molecule has 0 spiro atoms. The monoisotopic (exact) mass is 549 g/mol. The van der Waals surface area contributed by atoms with Gasteiger partial charge in [0.2, 0.25) is 11.8 Å². The van der Waals surface area contributed by atoms with Gasteiger partial charge in [-0.15, -0.1) is 0 Å². The summed E-state index contributed by atoms with van der Waals surface area (Å²) in [5, 5.41) is 7.38. The number of benzene rings is 1. The summed E-state index contributed by atoms with van der Waals surface area (Å²) in [4.78, 5) is 43.9. The van der Waals surface area contributed by atoms with Crippen molar-refractivity contribution in [2.75, 3.05) is 18.1 Å². The number of hydrogen-bond donors (Lipinski definition) is 1. The first-order valence-corrected chi connectivity index (χ1v) is 12.7. The number of nitrogens with zero attached hydrogens (tertiary/aromatic N) is 4. The zero-order valence-corrected chi connectivity index (χ0v) is 20.7. The van der Waals surface area contributed by atoms with Gasteiger partial charge in [-0.05, 0) is 46.3 Å². The lowest BCUT2D eigenvalue weighted by Gasteiger charge is -2.23. The van der Waals surface area contributed by atoms with Gasteiger partial charge in [0.05, 0.1) is 12.1 Å². The van der Waals surface area contributed by atoms with E-state index in [2.05, 4.69) is 31.3 Å². The van der Waals surface area contributed by atoms with Crippen LogP contribution in [0.5, 0.6) is 0 Å². The van der Waals surface area contributed by atoms with E-state index in [-0.39, 0.29) is 36.8 Å². The first-order valence-electron chi connectivity index (χ1n) is 10.4. The van der Waals surface area contributed by atoms with Gasteiger partial charge in [-0.2, -0.15) is 5.10 Å². The van der Waals surface area contributed by atoms with Gasteiger partial charge < -0.3 is 10.2 Å². The number of likely N-dealkylation sites (tertiary alicyclic amines) is 1. The van der Waals surface area contributed by atoms with Crippen LogP contribution in [0.4, 0.5) is 10.2 Å². The number of aromatic nitrogens is 3. The molecule has 2 amide bonds. The van der Waals surface area contributed by atoms with Gasteiger partial charge >= 0.3 is 0 Å². The SMILES string of the molecule is CC(=O)c1nn(CC(=O)N2C[C@H](F)C[C@H]2C(=O)Nc2cccc(Br)n2)c2ccc(S(C)=O)cc12. The number of pyridine rings is 1. The second kappa shape index (κ2) is 9.71. The van der Waals surface area contributed by atoms with Crippen molar-refractivity contribution in [3.63, 3.8) is 0 Å². The Morgan fingerprint density at radius 2 is 2.03 bits per heavy atom. The third kappa shape index (κ3) is 4.92. The van der Waals surface area contributed by atoms with Crippen molar-refractivity contribution in [2.24, 2.45) is 0 Å². The number of Topliss-reactive ketones (excluding diaryl/α,β-unsaturated/α-hetero) is 1. The number of rotatable bonds is 6. The number of carbonyl (C=O) groups excluding carboxylic acids is 3. The Kier molecular flexibility index (Phi) is 6.89. The van der Waals surface area contributed by atoms with Crippen molar-refractivity contribution in [2.45, 2.75) is 37.0 Å². The van der Waals surface area contributed by atoms with Gasteiger partial charge in [0.1, 0.15) is 34.9 Å². The second-order valence-electron chi connectivity index (χ2n) is 7.93. The van der Waals surface area contributed by atoms with Crippen molar-refractivity contribution >= 4 is 61.0 Å². The summed E-state index contributed by atoms with van der Waals surface area (Å²) in [6.07, 6.45) is 0.0490. The number of fused-ring (bicyclic) bond motifs is 1. The molecule has 0 saturated carbocycles. The lowest BCUT2D eigenvalue weighted by Crippen LogP contribution is -2.44. The van der Waals surface area contributed by atoms with E-state index in [1.54, 1.807) is 36.4 Å². The zero-order chi connectivity index (χ0) is 24.6. The maximum absolute atomic E-state index is 14.3. The fourth-order valence-electron chi connectivity index (χ4n) is 3.93. The Balaban J connectivity index is 1.59. The molecule has 1 aromatic carbocycles. The number of nitrogens with one attached hydrogen (secondary N) is 1. The third-order valence-electron chi connectivity index (χ3n) is 5.51. The molecule has 1 N–H and O–H groups in total. The van der Waals surface area contributed by atoms with E-state index in [4.69, 9.17) is 0 Å². The van der Waals surface area contributed by atoms with Crippen LogP contribution in [0, 0.1) is 0 Å². The van der Waals surface area contributed by atoms with Crippen LogP contribution in [-0.2, 0) is 26.9 Å². The van der Waals surface area contributed by atoms with Gasteiger partial charge in [0, 0.05) is 40.7 Å². The van der Waals surface area contributed by atoms with Gasteiger partial charge in [-0.3, -0.25) is 23.3 Å². The largest absolute Gasteiger partial charge is 0.326 e. The van der Waals surface area contributed by atoms with Crippen LogP contribution in [0.15, 0.2) is 45.9 Å². The summed E-state index contributed by atoms with van der Waals surface area (Å²) >= 11 is 3.22. The fourth-order valence-corrected chi connectivity index (χ4v) is 4.82. The van der Waals surface area contributed by atoms with Gasteiger partial charge in [0.15, 0.2) is 5.78 Å². The highest BCUT2D eigenvalue weighted by molar-refractivity contribution is 9.10. The molecule has 1 saturated heterocycles. The Morgan fingerprint density at radius 1 is 1.26 bits per heavy atom. The van der Waals surface area contributed by atoms with Gasteiger partial charge in [0.25, 0.3) is 0 Å². The molecule has 1 aliphatic heterocycles. The second-order valence-corrected chi connectivity index (χ2v) is 10.1. The molecule has 2 aromatic heterocycles. The first kappa shape index (κ1) is 24.1. The molecule has 3 atom stereocenters. The number of ketones is 1. The van der Waals surface area contributed by atoms with E-state index in [9.17, 15) is 23.0 Å². The number of amides is 2. The number of alkyl halides is 1. The number of hydrogen-bond acceptors (Lipinski definition) is 6. The Bertz CT molecular complexity index is 1330. The molecule has 0 radical (unpaired) electrons. The molecular weight excluding hydrogens is 529 g/mol. The van der Waals surface area contributed by atoms with E-state index in [0.717, 1.165) is 0 Å². The molecule has 3 aromatic rings. The highest BCUT2D eigenvalue weighted by Crippen LogP contribution is 2.25. The predicted molar refractivity (Wildman–Crippen MR) is 128 cm³/mol. The maximum atomic E-state index is 14.3. The quantitative estimate of drug-likeness (QED) is 0.373. The van der Waals surface area contributed by atoms with Gasteiger partial charge in [-0.25, -0.2) is 9.37 Å². The van der Waals surface area contributed by atoms with Crippen molar-refractivity contribution in [1.29, 1.82) is 0 Å². The number of halogens is 2. The molecule has 34 heavy (non-hydrogen) atoms. The lowest BCUT2D eigenvalue weighted by molar-refractivity contribution is -0.137. The average molecular weight is 550 g/mol. The molecular formula is C22H21BrFN5O4S. The minimum atomic E-state index is -1.35. The van der Waals surface area contributed by atoms with E-state index in [0.29, 0.717) is 20.4 Å². The number of carbonyl (C=O) groups is 3. The van der Waals surface area contributed by atoms with Crippen LogP contribution in [-0.4, -0.2) is 66.5 Å². The first-order chi connectivity index (χ1) is 16.1. The van der Waals surface area contributed by atoms with Crippen molar-refractivity contribution in [3.05, 3.63) is 46.7 Å². The average Bonchev–Trinajstić information content (AvgIpc) is 3.34. The normalized spacial score (nSPS) is 18.8. The molecule has 1 fully saturated rings. The topological polar surface area (TPSA) is 114 Å². The van der Waals surface area contributed by atoms with E-state index in [1.807, 2.05) is 0 Å². The van der Waals surface area contributed by atoms with E-state index in [1.165, 1.54) is 22.8 Å². The summed E-state index contributed by atoms with van der Waals surface area (Å²) in [5.74, 6) is -1.07. The van der Waals surface area contributed by atoms with Crippen LogP contribution < -0.4 is 5.32 Å². The highest BCUT2D eigenvalue weighted by atomic mass is 79.9. The standard InChI is InChI=1S/C22H21BrFN5O4S/c1-12(30)21-15-9-14(34(2)33)6-7-16(15)29(27-21)11-20(31)28-10-13(24)8-17(28)22(32)26-19-5-3-4-18(23)25-19/h3-7,9,13,17H,8,10-11H2,1-2H3,(H,25,26,32)/t13-,17+,34?/m1/s1. The summed E-state index contributed by atoms with van der Waals surface area (Å²) < 4.78 is 28.0. The molecule has 9 nitrogen and oxygen atoms in total.